The second-order valence-electron chi connectivity index (χ2n) is 4.37. The van der Waals surface area contributed by atoms with Crippen LogP contribution in [0.25, 0.3) is 0 Å². The average molecular weight is 299 g/mol. The summed E-state index contributed by atoms with van der Waals surface area (Å²) < 4.78 is 5.51. The molecule has 1 aliphatic carbocycles. The third-order valence-electron chi connectivity index (χ3n) is 3.48. The molecular weight excluding hydrogens is 284 g/mol. The maximum absolute atomic E-state index is 11.9. The van der Waals surface area contributed by atoms with Crippen LogP contribution in [-0.2, 0) is 15.1 Å². The zero-order valence-electron chi connectivity index (χ0n) is 9.65. The Hall–Kier alpha value is -0.870. The van der Waals surface area contributed by atoms with Gasteiger partial charge in [0.2, 0.25) is 0 Å². The molecule has 1 unspecified atom stereocenters. The number of benzene rings is 1. The number of aliphatic hydroxyl groups is 1. The summed E-state index contributed by atoms with van der Waals surface area (Å²) in [6.07, 6.45) is 2.76. The van der Waals surface area contributed by atoms with Crippen molar-refractivity contribution in [3.63, 3.8) is 0 Å². The van der Waals surface area contributed by atoms with E-state index in [-0.39, 0.29) is 5.92 Å². The summed E-state index contributed by atoms with van der Waals surface area (Å²) in [6, 6.07) is 7.25. The summed E-state index contributed by atoms with van der Waals surface area (Å²) in [7, 11) is 1.31. The van der Waals surface area contributed by atoms with E-state index >= 15 is 0 Å². The van der Waals surface area contributed by atoms with E-state index in [0.29, 0.717) is 5.56 Å². The molecule has 2 rings (SSSR count). The molecule has 1 saturated carbocycles. The third kappa shape index (κ3) is 2.00. The highest BCUT2D eigenvalue weighted by Crippen LogP contribution is 2.45. The molecule has 1 aromatic carbocycles. The van der Waals surface area contributed by atoms with Crippen molar-refractivity contribution in [3.05, 3.63) is 34.3 Å². The first kappa shape index (κ1) is 12.6. The molecule has 1 aliphatic rings. The van der Waals surface area contributed by atoms with Crippen LogP contribution in [0.2, 0.25) is 0 Å². The average Bonchev–Trinajstić information content (AvgIpc) is 2.25. The van der Waals surface area contributed by atoms with Crippen molar-refractivity contribution in [2.75, 3.05) is 7.11 Å². The van der Waals surface area contributed by atoms with Gasteiger partial charge in [0.25, 0.3) is 0 Å². The van der Waals surface area contributed by atoms with E-state index in [2.05, 4.69) is 15.9 Å². The van der Waals surface area contributed by atoms with Gasteiger partial charge in [0.1, 0.15) is 0 Å². The fourth-order valence-corrected chi connectivity index (χ4v) is 2.84. The number of halogens is 1. The van der Waals surface area contributed by atoms with Crippen LogP contribution in [-0.4, -0.2) is 18.2 Å². The summed E-state index contributed by atoms with van der Waals surface area (Å²) in [5.74, 6) is -0.622. The van der Waals surface area contributed by atoms with Crippen LogP contribution < -0.4 is 0 Å². The van der Waals surface area contributed by atoms with Crippen LogP contribution in [0.5, 0.6) is 0 Å². The molecule has 0 spiro atoms. The van der Waals surface area contributed by atoms with Gasteiger partial charge in [-0.25, -0.2) is 4.79 Å². The highest BCUT2D eigenvalue weighted by Gasteiger charge is 2.49. The van der Waals surface area contributed by atoms with E-state index in [0.717, 1.165) is 23.7 Å². The first-order chi connectivity index (χ1) is 8.10. The van der Waals surface area contributed by atoms with Crippen molar-refractivity contribution in [1.29, 1.82) is 0 Å². The second kappa shape index (κ2) is 4.78. The van der Waals surface area contributed by atoms with Gasteiger partial charge in [-0.1, -0.05) is 40.5 Å². The standard InChI is InChI=1S/C13H15BrO3/c1-17-12(15)13(16,9-5-4-6-9)10-7-2-3-8-11(10)14/h2-3,7-9,16H,4-6H2,1H3. The van der Waals surface area contributed by atoms with Crippen molar-refractivity contribution in [2.45, 2.75) is 24.9 Å². The lowest BCUT2D eigenvalue weighted by atomic mass is 9.69. The monoisotopic (exact) mass is 298 g/mol. The van der Waals surface area contributed by atoms with Gasteiger partial charge in [-0.2, -0.15) is 0 Å². The fraction of sp³-hybridized carbons (Fsp3) is 0.462. The Morgan fingerprint density at radius 1 is 1.47 bits per heavy atom. The predicted octanol–water partition coefficient (Wildman–Crippen LogP) is 2.61. The summed E-state index contributed by atoms with van der Waals surface area (Å²) in [5, 5.41) is 10.7. The van der Waals surface area contributed by atoms with Gasteiger partial charge in [-0.3, -0.25) is 0 Å². The number of ether oxygens (including phenoxy) is 1. The van der Waals surface area contributed by atoms with Crippen molar-refractivity contribution in [1.82, 2.24) is 0 Å². The Balaban J connectivity index is 2.46. The zero-order chi connectivity index (χ0) is 12.5. The van der Waals surface area contributed by atoms with Gasteiger partial charge in [0.05, 0.1) is 7.11 Å². The molecule has 0 aliphatic heterocycles. The first-order valence-electron chi connectivity index (χ1n) is 5.66. The van der Waals surface area contributed by atoms with E-state index in [1.165, 1.54) is 7.11 Å². The van der Waals surface area contributed by atoms with Crippen LogP contribution in [0.1, 0.15) is 24.8 Å². The highest BCUT2D eigenvalue weighted by molar-refractivity contribution is 9.10. The molecule has 0 saturated heterocycles. The van der Waals surface area contributed by atoms with Crippen molar-refractivity contribution in [2.24, 2.45) is 5.92 Å². The van der Waals surface area contributed by atoms with E-state index < -0.39 is 11.6 Å². The molecule has 1 atom stereocenters. The van der Waals surface area contributed by atoms with Crippen molar-refractivity contribution < 1.29 is 14.6 Å². The third-order valence-corrected chi connectivity index (χ3v) is 4.17. The lowest BCUT2D eigenvalue weighted by molar-refractivity contribution is -0.175. The molecular formula is C13H15BrO3. The summed E-state index contributed by atoms with van der Waals surface area (Å²) in [4.78, 5) is 11.9. The van der Waals surface area contributed by atoms with Gasteiger partial charge in [-0.05, 0) is 18.9 Å². The van der Waals surface area contributed by atoms with Crippen molar-refractivity contribution >= 4 is 21.9 Å². The Bertz CT molecular complexity index is 428. The van der Waals surface area contributed by atoms with Crippen LogP contribution in [0.4, 0.5) is 0 Å². The van der Waals surface area contributed by atoms with Gasteiger partial charge in [-0.15, -0.1) is 0 Å². The molecule has 0 radical (unpaired) electrons. The molecule has 1 aromatic rings. The number of carbonyl (C=O) groups excluding carboxylic acids is 1. The summed E-state index contributed by atoms with van der Waals surface area (Å²) >= 11 is 3.38. The summed E-state index contributed by atoms with van der Waals surface area (Å²) in [6.45, 7) is 0. The molecule has 0 bridgehead atoms. The Labute approximate surface area is 109 Å². The molecule has 92 valence electrons. The number of hydrogen-bond donors (Lipinski definition) is 1. The van der Waals surface area contributed by atoms with Crippen LogP contribution in [0, 0.1) is 5.92 Å². The minimum absolute atomic E-state index is 0.0475. The van der Waals surface area contributed by atoms with Gasteiger partial charge in [0, 0.05) is 16.0 Å². The Kier molecular flexibility index (Phi) is 3.54. The lowest BCUT2D eigenvalue weighted by Gasteiger charge is -2.39. The minimum Gasteiger partial charge on any atom is -0.467 e. The number of carbonyl (C=O) groups is 1. The lowest BCUT2D eigenvalue weighted by Crippen LogP contribution is -2.47. The summed E-state index contributed by atoms with van der Waals surface area (Å²) in [5.41, 5.74) is -0.927. The maximum atomic E-state index is 11.9. The number of esters is 1. The smallest absolute Gasteiger partial charge is 0.342 e. The Morgan fingerprint density at radius 3 is 2.59 bits per heavy atom. The molecule has 17 heavy (non-hydrogen) atoms. The normalized spacial score (nSPS) is 19.2. The molecule has 4 heteroatoms. The number of hydrogen-bond acceptors (Lipinski definition) is 3. The molecule has 1 fully saturated rings. The van der Waals surface area contributed by atoms with E-state index in [1.54, 1.807) is 6.07 Å². The molecule has 0 aromatic heterocycles. The predicted molar refractivity (Wildman–Crippen MR) is 67.4 cm³/mol. The molecule has 3 nitrogen and oxygen atoms in total. The van der Waals surface area contributed by atoms with E-state index in [4.69, 9.17) is 4.74 Å². The zero-order valence-corrected chi connectivity index (χ0v) is 11.2. The van der Waals surface area contributed by atoms with Gasteiger partial charge >= 0.3 is 5.97 Å². The SMILES string of the molecule is COC(=O)C(O)(c1ccccc1Br)C1CCC1. The molecule has 0 amide bonds. The second-order valence-corrected chi connectivity index (χ2v) is 5.22. The quantitative estimate of drug-likeness (QED) is 0.873. The minimum atomic E-state index is -1.52. The highest BCUT2D eigenvalue weighted by atomic mass is 79.9. The number of methoxy groups -OCH3 is 1. The maximum Gasteiger partial charge on any atom is 0.342 e. The van der Waals surface area contributed by atoms with Crippen LogP contribution in [0.3, 0.4) is 0 Å². The first-order valence-corrected chi connectivity index (χ1v) is 6.45. The molecule has 1 N–H and O–H groups in total. The number of rotatable bonds is 3. The topological polar surface area (TPSA) is 46.5 Å². The van der Waals surface area contributed by atoms with Gasteiger partial charge < -0.3 is 9.84 Å². The van der Waals surface area contributed by atoms with E-state index in [9.17, 15) is 9.90 Å². The van der Waals surface area contributed by atoms with Gasteiger partial charge in [0.15, 0.2) is 5.60 Å². The fourth-order valence-electron chi connectivity index (χ4n) is 2.25. The molecule has 0 heterocycles. The van der Waals surface area contributed by atoms with Crippen molar-refractivity contribution in [3.8, 4) is 0 Å². The van der Waals surface area contributed by atoms with Crippen LogP contribution >= 0.6 is 15.9 Å². The van der Waals surface area contributed by atoms with Crippen LogP contribution in [0.15, 0.2) is 28.7 Å². The Morgan fingerprint density at radius 2 is 2.12 bits per heavy atom. The largest absolute Gasteiger partial charge is 0.467 e. The van der Waals surface area contributed by atoms with E-state index in [1.807, 2.05) is 18.2 Å².